The number of aryl methyl sites for hydroxylation is 1. The molecule has 1 nitrogen and oxygen atoms in total. The van der Waals surface area contributed by atoms with Crippen molar-refractivity contribution in [1.82, 2.24) is 5.32 Å². The average molecular weight is 197 g/mol. The van der Waals surface area contributed by atoms with Crippen LogP contribution in [0.3, 0.4) is 0 Å². The number of rotatable bonds is 3. The number of halogens is 2. The highest BCUT2D eigenvalue weighted by atomic mass is 19.1. The molecule has 0 heterocycles. The average Bonchev–Trinajstić information content (AvgIpc) is 2.95. The molecule has 0 radical (unpaired) electrons. The third kappa shape index (κ3) is 1.93. The van der Waals surface area contributed by atoms with E-state index in [-0.39, 0.29) is 5.56 Å². The Bertz CT molecular complexity index is 345. The van der Waals surface area contributed by atoms with Gasteiger partial charge in [0.15, 0.2) is 0 Å². The van der Waals surface area contributed by atoms with E-state index in [4.69, 9.17) is 0 Å². The first-order valence-corrected chi connectivity index (χ1v) is 4.85. The Hall–Kier alpha value is -0.960. The molecular weight excluding hydrogens is 184 g/mol. The van der Waals surface area contributed by atoms with Gasteiger partial charge in [0.2, 0.25) is 0 Å². The molecule has 1 fully saturated rings. The highest BCUT2D eigenvalue weighted by Gasteiger charge is 2.21. The molecule has 1 N–H and O–H groups in total. The van der Waals surface area contributed by atoms with Gasteiger partial charge in [-0.2, -0.15) is 0 Å². The topological polar surface area (TPSA) is 12.0 Å². The van der Waals surface area contributed by atoms with Crippen LogP contribution in [0.15, 0.2) is 12.1 Å². The summed E-state index contributed by atoms with van der Waals surface area (Å²) in [5.41, 5.74) is 0.663. The minimum atomic E-state index is -0.457. The standard InChI is InChI=1S/C11H13F2N/c1-7-2-5-10(12)9(11(7)13)6-14-8-3-4-8/h2,5,8,14H,3-4,6H2,1H3. The van der Waals surface area contributed by atoms with Gasteiger partial charge in [-0.1, -0.05) is 6.07 Å². The van der Waals surface area contributed by atoms with Crippen molar-refractivity contribution in [1.29, 1.82) is 0 Å². The van der Waals surface area contributed by atoms with E-state index in [1.54, 1.807) is 6.92 Å². The number of benzene rings is 1. The van der Waals surface area contributed by atoms with Gasteiger partial charge in [-0.25, -0.2) is 8.78 Å². The van der Waals surface area contributed by atoms with E-state index < -0.39 is 11.6 Å². The van der Waals surface area contributed by atoms with Gasteiger partial charge < -0.3 is 5.32 Å². The van der Waals surface area contributed by atoms with Crippen LogP contribution in [-0.2, 0) is 6.54 Å². The Morgan fingerprint density at radius 2 is 2.07 bits per heavy atom. The summed E-state index contributed by atoms with van der Waals surface area (Å²) in [6, 6.07) is 3.25. The van der Waals surface area contributed by atoms with Gasteiger partial charge in [-0.05, 0) is 31.4 Å². The van der Waals surface area contributed by atoms with Crippen LogP contribution in [0.4, 0.5) is 8.78 Å². The van der Waals surface area contributed by atoms with Crippen molar-refractivity contribution in [3.63, 3.8) is 0 Å². The minimum absolute atomic E-state index is 0.164. The molecule has 1 aromatic rings. The Balaban J connectivity index is 2.16. The molecule has 2 rings (SSSR count). The van der Waals surface area contributed by atoms with Crippen molar-refractivity contribution in [2.24, 2.45) is 0 Å². The van der Waals surface area contributed by atoms with E-state index in [1.165, 1.54) is 12.1 Å². The molecule has 14 heavy (non-hydrogen) atoms. The van der Waals surface area contributed by atoms with Crippen LogP contribution in [-0.4, -0.2) is 6.04 Å². The van der Waals surface area contributed by atoms with Crippen molar-refractivity contribution >= 4 is 0 Å². The molecular formula is C11H13F2N. The van der Waals surface area contributed by atoms with Gasteiger partial charge in [0.1, 0.15) is 11.6 Å². The van der Waals surface area contributed by atoms with E-state index in [0.717, 1.165) is 12.8 Å². The summed E-state index contributed by atoms with van der Waals surface area (Å²) in [7, 11) is 0. The molecule has 76 valence electrons. The molecule has 0 unspecified atom stereocenters. The molecule has 1 aliphatic carbocycles. The molecule has 0 aromatic heterocycles. The number of nitrogens with one attached hydrogen (secondary N) is 1. The summed E-state index contributed by atoms with van der Waals surface area (Å²) >= 11 is 0. The van der Waals surface area contributed by atoms with Crippen LogP contribution in [0.1, 0.15) is 24.0 Å². The normalized spacial score (nSPS) is 15.9. The molecule has 1 aliphatic rings. The fraction of sp³-hybridized carbons (Fsp3) is 0.455. The molecule has 3 heteroatoms. The molecule has 0 bridgehead atoms. The third-order valence-corrected chi connectivity index (χ3v) is 2.52. The fourth-order valence-electron chi connectivity index (χ4n) is 1.41. The molecule has 1 saturated carbocycles. The zero-order chi connectivity index (χ0) is 10.1. The Morgan fingerprint density at radius 3 is 2.71 bits per heavy atom. The van der Waals surface area contributed by atoms with Gasteiger partial charge >= 0.3 is 0 Å². The van der Waals surface area contributed by atoms with Gasteiger partial charge in [0.05, 0.1) is 0 Å². The largest absolute Gasteiger partial charge is 0.310 e. The quantitative estimate of drug-likeness (QED) is 0.785. The van der Waals surface area contributed by atoms with E-state index >= 15 is 0 Å². The van der Waals surface area contributed by atoms with Gasteiger partial charge in [-0.15, -0.1) is 0 Å². The minimum Gasteiger partial charge on any atom is -0.310 e. The van der Waals surface area contributed by atoms with Gasteiger partial charge in [0, 0.05) is 18.2 Å². The smallest absolute Gasteiger partial charge is 0.133 e. The molecule has 0 amide bonds. The number of hydrogen-bond acceptors (Lipinski definition) is 1. The first-order chi connectivity index (χ1) is 6.68. The Morgan fingerprint density at radius 1 is 1.36 bits per heavy atom. The predicted octanol–water partition coefficient (Wildman–Crippen LogP) is 2.53. The highest BCUT2D eigenvalue weighted by molar-refractivity contribution is 5.26. The zero-order valence-corrected chi connectivity index (χ0v) is 8.11. The van der Waals surface area contributed by atoms with Gasteiger partial charge in [0.25, 0.3) is 0 Å². The zero-order valence-electron chi connectivity index (χ0n) is 8.11. The fourth-order valence-corrected chi connectivity index (χ4v) is 1.41. The second-order valence-electron chi connectivity index (χ2n) is 3.81. The summed E-state index contributed by atoms with van der Waals surface area (Å²) in [5, 5.41) is 3.10. The summed E-state index contributed by atoms with van der Waals surface area (Å²) in [6.45, 7) is 1.94. The molecule has 0 atom stereocenters. The van der Waals surface area contributed by atoms with E-state index in [0.29, 0.717) is 18.2 Å². The first kappa shape index (κ1) is 9.59. The summed E-state index contributed by atoms with van der Waals surface area (Å²) in [6.07, 6.45) is 2.24. The second-order valence-corrected chi connectivity index (χ2v) is 3.81. The van der Waals surface area contributed by atoms with Crippen LogP contribution in [0.2, 0.25) is 0 Å². The van der Waals surface area contributed by atoms with Crippen molar-refractivity contribution in [3.05, 3.63) is 34.9 Å². The van der Waals surface area contributed by atoms with Crippen LogP contribution in [0.5, 0.6) is 0 Å². The van der Waals surface area contributed by atoms with Crippen LogP contribution in [0.25, 0.3) is 0 Å². The monoisotopic (exact) mass is 197 g/mol. The van der Waals surface area contributed by atoms with E-state index in [9.17, 15) is 8.78 Å². The summed E-state index contributed by atoms with van der Waals surface area (Å²) in [4.78, 5) is 0. The molecule has 0 aliphatic heterocycles. The maximum Gasteiger partial charge on any atom is 0.133 e. The van der Waals surface area contributed by atoms with Gasteiger partial charge in [-0.3, -0.25) is 0 Å². The van der Waals surface area contributed by atoms with Crippen molar-refractivity contribution in [2.75, 3.05) is 0 Å². The lowest BCUT2D eigenvalue weighted by Gasteiger charge is -2.07. The lowest BCUT2D eigenvalue weighted by Crippen LogP contribution is -2.17. The van der Waals surface area contributed by atoms with E-state index in [1.807, 2.05) is 0 Å². The lowest BCUT2D eigenvalue weighted by atomic mass is 10.1. The second kappa shape index (κ2) is 3.65. The van der Waals surface area contributed by atoms with Crippen LogP contribution >= 0.6 is 0 Å². The Labute approximate surface area is 82.1 Å². The van der Waals surface area contributed by atoms with Crippen molar-refractivity contribution in [2.45, 2.75) is 32.4 Å². The number of hydrogen-bond donors (Lipinski definition) is 1. The summed E-state index contributed by atoms with van der Waals surface area (Å²) < 4.78 is 26.7. The van der Waals surface area contributed by atoms with Crippen LogP contribution < -0.4 is 5.32 Å². The van der Waals surface area contributed by atoms with E-state index in [2.05, 4.69) is 5.32 Å². The highest BCUT2D eigenvalue weighted by Crippen LogP contribution is 2.21. The molecule has 1 aromatic carbocycles. The van der Waals surface area contributed by atoms with Crippen LogP contribution in [0, 0.1) is 18.6 Å². The Kier molecular flexibility index (Phi) is 2.50. The molecule has 0 saturated heterocycles. The molecule has 0 spiro atoms. The maximum absolute atomic E-state index is 13.5. The third-order valence-electron chi connectivity index (χ3n) is 2.52. The predicted molar refractivity (Wildman–Crippen MR) is 51.0 cm³/mol. The SMILES string of the molecule is Cc1ccc(F)c(CNC2CC2)c1F. The first-order valence-electron chi connectivity index (χ1n) is 4.85. The summed E-state index contributed by atoms with van der Waals surface area (Å²) in [5.74, 6) is -0.876. The van der Waals surface area contributed by atoms with Crippen molar-refractivity contribution in [3.8, 4) is 0 Å². The maximum atomic E-state index is 13.5. The lowest BCUT2D eigenvalue weighted by molar-refractivity contribution is 0.530. The van der Waals surface area contributed by atoms with Crippen molar-refractivity contribution < 1.29 is 8.78 Å².